The molecule has 0 saturated heterocycles. The molecule has 2 heterocycles. The van der Waals surface area contributed by atoms with E-state index in [-0.39, 0.29) is 11.2 Å². The lowest BCUT2D eigenvalue weighted by molar-refractivity contribution is 0.0912. The maximum absolute atomic E-state index is 13.2. The zero-order valence-corrected chi connectivity index (χ0v) is 21.1. The minimum atomic E-state index is -0.0546. The number of aromatic amines is 1. The van der Waals surface area contributed by atoms with Crippen LogP contribution < -0.4 is 10.6 Å². The van der Waals surface area contributed by atoms with Crippen molar-refractivity contribution < 1.29 is 4.79 Å². The van der Waals surface area contributed by atoms with Crippen LogP contribution in [0, 0.1) is 5.41 Å². The molecular formula is C31H34N4O. The van der Waals surface area contributed by atoms with Gasteiger partial charge in [-0.25, -0.2) is 4.98 Å². The van der Waals surface area contributed by atoms with E-state index in [1.807, 2.05) is 42.6 Å². The number of benzene rings is 2. The molecule has 5 heteroatoms. The van der Waals surface area contributed by atoms with Gasteiger partial charge in [-0.05, 0) is 60.9 Å². The Morgan fingerprint density at radius 2 is 1.69 bits per heavy atom. The lowest BCUT2D eigenvalue weighted by Gasteiger charge is -2.28. The number of pyridine rings is 1. The Morgan fingerprint density at radius 3 is 2.47 bits per heavy atom. The van der Waals surface area contributed by atoms with Crippen LogP contribution in [0.5, 0.6) is 0 Å². The van der Waals surface area contributed by atoms with E-state index in [0.29, 0.717) is 6.42 Å². The number of carbonyl (C=O) groups excluding carboxylic acids is 1. The molecule has 0 saturated carbocycles. The van der Waals surface area contributed by atoms with Crippen molar-refractivity contribution in [1.29, 1.82) is 0 Å². The van der Waals surface area contributed by atoms with Crippen LogP contribution in [0.25, 0.3) is 11.3 Å². The van der Waals surface area contributed by atoms with Crippen molar-refractivity contribution in [1.82, 2.24) is 9.97 Å². The number of fused-ring (bicyclic) bond motifs is 1. The highest BCUT2D eigenvalue weighted by atomic mass is 16.1. The van der Waals surface area contributed by atoms with E-state index >= 15 is 0 Å². The Labute approximate surface area is 213 Å². The van der Waals surface area contributed by atoms with E-state index in [0.717, 1.165) is 71.9 Å². The third-order valence-electron chi connectivity index (χ3n) is 6.78. The summed E-state index contributed by atoms with van der Waals surface area (Å²) in [4.78, 5) is 21.4. The molecule has 1 aliphatic carbocycles. The third-order valence-corrected chi connectivity index (χ3v) is 6.78. The van der Waals surface area contributed by atoms with Gasteiger partial charge < -0.3 is 15.6 Å². The maximum atomic E-state index is 13.2. The average Bonchev–Trinajstić information content (AvgIpc) is 3.22. The van der Waals surface area contributed by atoms with Crippen LogP contribution in [0.15, 0.2) is 79.0 Å². The minimum absolute atomic E-state index is 0.0546. The Bertz CT molecular complexity index is 1330. The fraction of sp³-hybridized carbons (Fsp3) is 0.290. The molecule has 2 aromatic heterocycles. The topological polar surface area (TPSA) is 69.8 Å². The summed E-state index contributed by atoms with van der Waals surface area (Å²) in [6, 6.07) is 24.7. The molecule has 4 aromatic rings. The number of carbonyl (C=O) groups is 1. The normalized spacial score (nSPS) is 14.3. The van der Waals surface area contributed by atoms with Crippen molar-refractivity contribution in [3.05, 3.63) is 95.8 Å². The number of rotatable bonds is 9. The SMILES string of the molecule is CC1(C)CC(=O)c2c([nH]c(-c3ccnc(NCCCCc4ccccc4)c3)c2Nc2ccccc2)C1. The summed E-state index contributed by atoms with van der Waals surface area (Å²) in [5.74, 6) is 1.03. The number of hydrogen-bond acceptors (Lipinski definition) is 4. The fourth-order valence-electron chi connectivity index (χ4n) is 5.06. The van der Waals surface area contributed by atoms with Crippen molar-refractivity contribution in [2.75, 3.05) is 17.2 Å². The smallest absolute Gasteiger partial charge is 0.167 e. The number of unbranched alkanes of at least 4 members (excludes halogenated alkanes) is 1. The Morgan fingerprint density at radius 1 is 0.944 bits per heavy atom. The van der Waals surface area contributed by atoms with Crippen LogP contribution in [-0.2, 0) is 12.8 Å². The molecule has 0 fully saturated rings. The van der Waals surface area contributed by atoms with Crippen LogP contribution in [-0.4, -0.2) is 22.3 Å². The van der Waals surface area contributed by atoms with Crippen LogP contribution in [0.3, 0.4) is 0 Å². The first kappa shape index (κ1) is 23.9. The molecule has 5 nitrogen and oxygen atoms in total. The van der Waals surface area contributed by atoms with Crippen LogP contribution in [0.1, 0.15) is 54.7 Å². The number of ketones is 1. The number of H-pyrrole nitrogens is 1. The summed E-state index contributed by atoms with van der Waals surface area (Å²) in [5, 5.41) is 7.02. The summed E-state index contributed by atoms with van der Waals surface area (Å²) in [7, 11) is 0. The second kappa shape index (κ2) is 10.4. The fourth-order valence-corrected chi connectivity index (χ4v) is 5.06. The monoisotopic (exact) mass is 478 g/mol. The van der Waals surface area contributed by atoms with Gasteiger partial charge in [0.15, 0.2) is 5.78 Å². The van der Waals surface area contributed by atoms with Crippen molar-refractivity contribution >= 4 is 23.0 Å². The Hall–Kier alpha value is -3.86. The van der Waals surface area contributed by atoms with E-state index in [1.54, 1.807) is 0 Å². The molecule has 0 atom stereocenters. The van der Waals surface area contributed by atoms with E-state index < -0.39 is 0 Å². The van der Waals surface area contributed by atoms with Crippen molar-refractivity contribution in [3.63, 3.8) is 0 Å². The minimum Gasteiger partial charge on any atom is -0.370 e. The number of hydrogen-bond donors (Lipinski definition) is 3. The first-order chi connectivity index (χ1) is 17.5. The van der Waals surface area contributed by atoms with Gasteiger partial charge in [-0.3, -0.25) is 4.79 Å². The summed E-state index contributed by atoms with van der Waals surface area (Å²) in [5.41, 5.74) is 6.89. The zero-order chi connectivity index (χ0) is 25.0. The highest BCUT2D eigenvalue weighted by Gasteiger charge is 2.35. The molecular weight excluding hydrogens is 444 g/mol. The molecule has 36 heavy (non-hydrogen) atoms. The van der Waals surface area contributed by atoms with Gasteiger partial charge >= 0.3 is 0 Å². The first-order valence-electron chi connectivity index (χ1n) is 12.8. The summed E-state index contributed by atoms with van der Waals surface area (Å²) >= 11 is 0. The predicted octanol–water partition coefficient (Wildman–Crippen LogP) is 7.41. The number of aromatic nitrogens is 2. The highest BCUT2D eigenvalue weighted by molar-refractivity contribution is 6.07. The molecule has 0 radical (unpaired) electrons. The first-order valence-corrected chi connectivity index (χ1v) is 12.8. The highest BCUT2D eigenvalue weighted by Crippen LogP contribution is 2.43. The largest absolute Gasteiger partial charge is 0.370 e. The molecule has 0 amide bonds. The molecule has 3 N–H and O–H groups in total. The molecule has 2 aromatic carbocycles. The lowest BCUT2D eigenvalue weighted by atomic mass is 9.76. The quantitative estimate of drug-likeness (QED) is 0.219. The number of nitrogens with one attached hydrogen (secondary N) is 3. The van der Waals surface area contributed by atoms with Gasteiger partial charge in [-0.2, -0.15) is 0 Å². The van der Waals surface area contributed by atoms with E-state index in [1.165, 1.54) is 5.56 Å². The van der Waals surface area contributed by atoms with Gasteiger partial charge in [-0.1, -0.05) is 62.4 Å². The van der Waals surface area contributed by atoms with Gasteiger partial charge in [0, 0.05) is 36.1 Å². The standard InChI is InChI=1S/C31H34N4O/c1-31(2)20-25-28(26(36)21-31)30(34-24-14-7-4-8-15-24)29(35-25)23-16-18-33-27(19-23)32-17-10-9-13-22-11-5-3-6-12-22/h3-8,11-12,14-16,18-19,34-35H,9-10,13,17,20-21H2,1-2H3,(H,32,33). The third kappa shape index (κ3) is 5.51. The van der Waals surface area contributed by atoms with Crippen molar-refractivity contribution in [3.8, 4) is 11.3 Å². The van der Waals surface area contributed by atoms with Gasteiger partial charge in [0.05, 0.1) is 16.9 Å². The van der Waals surface area contributed by atoms with Gasteiger partial charge in [0.25, 0.3) is 0 Å². The Balaban J connectivity index is 1.36. The molecule has 0 spiro atoms. The molecule has 0 unspecified atom stereocenters. The summed E-state index contributed by atoms with van der Waals surface area (Å²) in [6.45, 7) is 5.18. The lowest BCUT2D eigenvalue weighted by Crippen LogP contribution is -2.26. The second-order valence-corrected chi connectivity index (χ2v) is 10.5. The van der Waals surface area contributed by atoms with E-state index in [9.17, 15) is 4.79 Å². The van der Waals surface area contributed by atoms with Crippen LogP contribution >= 0.6 is 0 Å². The van der Waals surface area contributed by atoms with Gasteiger partial charge in [-0.15, -0.1) is 0 Å². The number of nitrogens with zero attached hydrogens (tertiary/aromatic N) is 1. The van der Waals surface area contributed by atoms with E-state index in [4.69, 9.17) is 0 Å². The molecule has 1 aliphatic rings. The van der Waals surface area contributed by atoms with E-state index in [2.05, 4.69) is 70.8 Å². The number of para-hydroxylation sites is 1. The zero-order valence-electron chi connectivity index (χ0n) is 21.1. The second-order valence-electron chi connectivity index (χ2n) is 10.5. The van der Waals surface area contributed by atoms with Gasteiger partial charge in [0.1, 0.15) is 5.82 Å². The van der Waals surface area contributed by atoms with Crippen LogP contribution in [0.4, 0.5) is 17.2 Å². The number of aryl methyl sites for hydroxylation is 1. The summed E-state index contributed by atoms with van der Waals surface area (Å²) in [6.07, 6.45) is 6.51. The molecule has 0 aliphatic heterocycles. The molecule has 184 valence electrons. The number of Topliss-reactive ketones (excluding diaryl/α,β-unsaturated/α-hetero) is 1. The predicted molar refractivity (Wildman–Crippen MR) is 148 cm³/mol. The number of anilines is 3. The molecule has 0 bridgehead atoms. The average molecular weight is 479 g/mol. The summed E-state index contributed by atoms with van der Waals surface area (Å²) < 4.78 is 0. The van der Waals surface area contributed by atoms with Crippen molar-refractivity contribution in [2.24, 2.45) is 5.41 Å². The van der Waals surface area contributed by atoms with Gasteiger partial charge in [0.2, 0.25) is 0 Å². The molecule has 5 rings (SSSR count). The maximum Gasteiger partial charge on any atom is 0.167 e. The van der Waals surface area contributed by atoms with Crippen molar-refractivity contribution in [2.45, 2.75) is 46.0 Å². The Kier molecular flexibility index (Phi) is 6.90. The van der Waals surface area contributed by atoms with Crippen LogP contribution in [0.2, 0.25) is 0 Å².